The number of hydrogen-bond acceptors (Lipinski definition) is 4. The van der Waals surface area contributed by atoms with Crippen molar-refractivity contribution >= 4 is 62.5 Å². The van der Waals surface area contributed by atoms with Gasteiger partial charge in [0.2, 0.25) is 0 Å². The molecule has 2 heterocycles. The van der Waals surface area contributed by atoms with Crippen LogP contribution in [0.2, 0.25) is 15.1 Å². The number of nitrogens with zero attached hydrogens (tertiary/aromatic N) is 4. The second kappa shape index (κ2) is 10.4. The Morgan fingerprint density at radius 3 is 2.50 bits per heavy atom. The summed E-state index contributed by atoms with van der Waals surface area (Å²) in [6.07, 6.45) is 3.42. The number of amides is 1. The van der Waals surface area contributed by atoms with Crippen LogP contribution >= 0.6 is 50.7 Å². The van der Waals surface area contributed by atoms with Gasteiger partial charge in [0, 0.05) is 27.5 Å². The van der Waals surface area contributed by atoms with Crippen LogP contribution in [0.5, 0.6) is 5.75 Å². The number of carbonyl (C=O) groups is 1. The molecule has 0 saturated heterocycles. The van der Waals surface area contributed by atoms with E-state index in [-0.39, 0.29) is 12.4 Å². The largest absolute Gasteiger partial charge is 0.471 e. The van der Waals surface area contributed by atoms with Gasteiger partial charge in [-0.15, -0.1) is 0 Å². The molecule has 4 rings (SSSR count). The third kappa shape index (κ3) is 5.75. The van der Waals surface area contributed by atoms with E-state index in [1.54, 1.807) is 35.3 Å². The molecule has 0 spiro atoms. The van der Waals surface area contributed by atoms with E-state index in [2.05, 4.69) is 31.4 Å². The average Bonchev–Trinajstić information content (AvgIpc) is 3.39. The Bertz CT molecular complexity index is 1350. The highest BCUT2D eigenvalue weighted by Gasteiger charge is 2.15. The number of aryl methyl sites for hydroxylation is 2. The van der Waals surface area contributed by atoms with Crippen molar-refractivity contribution in [1.29, 1.82) is 0 Å². The van der Waals surface area contributed by atoms with Gasteiger partial charge in [0.05, 0.1) is 11.0 Å². The average molecular weight is 584 g/mol. The molecular weight excluding hydrogens is 565 g/mol. The Morgan fingerprint density at radius 2 is 1.79 bits per heavy atom. The van der Waals surface area contributed by atoms with E-state index in [1.165, 1.54) is 4.68 Å². The van der Waals surface area contributed by atoms with Crippen molar-refractivity contribution < 1.29 is 9.53 Å². The number of aromatic nitrogens is 4. The van der Waals surface area contributed by atoms with Crippen LogP contribution in [-0.4, -0.2) is 25.5 Å². The lowest BCUT2D eigenvalue weighted by molar-refractivity contribution is 0.101. The number of carbonyl (C=O) groups excluding carboxylic acids is 1. The monoisotopic (exact) mass is 581 g/mol. The predicted octanol–water partition coefficient (Wildman–Crippen LogP) is 6.76. The van der Waals surface area contributed by atoms with Gasteiger partial charge in [-0.2, -0.15) is 10.2 Å². The molecule has 0 bridgehead atoms. The summed E-state index contributed by atoms with van der Waals surface area (Å²) >= 11 is 21.8. The molecule has 34 heavy (non-hydrogen) atoms. The molecule has 0 unspecified atom stereocenters. The number of rotatable bonds is 7. The number of halogens is 4. The first-order valence-electron chi connectivity index (χ1n) is 10.1. The zero-order valence-corrected chi connectivity index (χ0v) is 22.0. The summed E-state index contributed by atoms with van der Waals surface area (Å²) in [6.45, 7) is 4.40. The first-order chi connectivity index (χ1) is 16.2. The Labute approximate surface area is 219 Å². The van der Waals surface area contributed by atoms with Crippen LogP contribution in [0.3, 0.4) is 0 Å². The van der Waals surface area contributed by atoms with E-state index < -0.39 is 5.91 Å². The lowest BCUT2D eigenvalue weighted by Gasteiger charge is -2.10. The molecular formula is C23H19BrCl3N5O2. The lowest BCUT2D eigenvalue weighted by Crippen LogP contribution is -2.15. The summed E-state index contributed by atoms with van der Waals surface area (Å²) in [4.78, 5) is 12.7. The second-order valence-corrected chi connectivity index (χ2v) is 9.67. The maximum atomic E-state index is 12.7. The quantitative estimate of drug-likeness (QED) is 0.261. The molecule has 0 saturated carbocycles. The normalized spacial score (nSPS) is 11.0. The van der Waals surface area contributed by atoms with Crippen molar-refractivity contribution in [1.82, 2.24) is 19.6 Å². The van der Waals surface area contributed by atoms with Gasteiger partial charge in [-0.1, -0.05) is 40.9 Å². The van der Waals surface area contributed by atoms with Crippen LogP contribution in [0.25, 0.3) is 0 Å². The fourth-order valence-electron chi connectivity index (χ4n) is 3.24. The van der Waals surface area contributed by atoms with Gasteiger partial charge in [0.25, 0.3) is 5.91 Å². The minimum Gasteiger partial charge on any atom is -0.471 e. The summed E-state index contributed by atoms with van der Waals surface area (Å²) in [5.41, 5.74) is 2.94. The third-order valence-corrected chi connectivity index (χ3v) is 6.71. The number of benzene rings is 2. The molecule has 0 radical (unpaired) electrons. The summed E-state index contributed by atoms with van der Waals surface area (Å²) in [7, 11) is 0. The Kier molecular flexibility index (Phi) is 7.52. The van der Waals surface area contributed by atoms with Crippen molar-refractivity contribution in [2.75, 3.05) is 5.32 Å². The fourth-order valence-corrected chi connectivity index (χ4v) is 4.24. The lowest BCUT2D eigenvalue weighted by atomic mass is 10.1. The molecule has 176 valence electrons. The van der Waals surface area contributed by atoms with E-state index >= 15 is 0 Å². The van der Waals surface area contributed by atoms with Gasteiger partial charge in [-0.25, -0.2) is 4.68 Å². The fraction of sp³-hybridized carbons (Fsp3) is 0.174. The van der Waals surface area contributed by atoms with Gasteiger partial charge >= 0.3 is 0 Å². The summed E-state index contributed by atoms with van der Waals surface area (Å²) in [6, 6.07) is 10.6. The molecule has 11 heteroatoms. The minimum absolute atomic E-state index is 0.147. The molecule has 0 aliphatic rings. The summed E-state index contributed by atoms with van der Waals surface area (Å²) in [5.74, 6) is 0.650. The minimum atomic E-state index is -0.396. The molecule has 2 aromatic heterocycles. The number of anilines is 1. The highest BCUT2D eigenvalue weighted by atomic mass is 79.9. The zero-order valence-electron chi connectivity index (χ0n) is 18.2. The number of ether oxygens (including phenoxy) is 1. The van der Waals surface area contributed by atoms with Crippen LogP contribution in [0, 0.1) is 13.8 Å². The van der Waals surface area contributed by atoms with Crippen molar-refractivity contribution in [3.05, 3.63) is 90.7 Å². The Hall–Kier alpha value is -2.52. The highest BCUT2D eigenvalue weighted by molar-refractivity contribution is 9.10. The molecule has 0 aliphatic carbocycles. The van der Waals surface area contributed by atoms with Gasteiger partial charge in [0.15, 0.2) is 18.2 Å². The standard InChI is InChI=1S/C23H19BrCl3N5O2/c1-13-7-17(8-14(2)21(13)27)34-12-31-6-5-20(29-31)23(33)28-22-18(24)11-32(30-22)10-15-3-4-16(25)9-19(15)26/h3-9,11H,10,12H2,1-2H3,(H,28,30,33). The van der Waals surface area contributed by atoms with Gasteiger partial charge in [-0.05, 0) is 76.8 Å². The van der Waals surface area contributed by atoms with Crippen LogP contribution < -0.4 is 10.1 Å². The van der Waals surface area contributed by atoms with E-state index in [9.17, 15) is 4.79 Å². The molecule has 0 atom stereocenters. The van der Waals surface area contributed by atoms with Gasteiger partial charge < -0.3 is 10.1 Å². The van der Waals surface area contributed by atoms with E-state index in [0.717, 1.165) is 21.7 Å². The maximum Gasteiger partial charge on any atom is 0.277 e. The molecule has 0 fully saturated rings. The molecule has 2 aromatic carbocycles. The smallest absolute Gasteiger partial charge is 0.277 e. The third-order valence-electron chi connectivity index (χ3n) is 4.94. The van der Waals surface area contributed by atoms with Crippen molar-refractivity contribution in [2.45, 2.75) is 27.1 Å². The molecule has 1 amide bonds. The van der Waals surface area contributed by atoms with Crippen LogP contribution in [0.4, 0.5) is 5.82 Å². The molecule has 7 nitrogen and oxygen atoms in total. The van der Waals surface area contributed by atoms with Crippen LogP contribution in [0.15, 0.2) is 53.3 Å². The van der Waals surface area contributed by atoms with E-state index in [0.29, 0.717) is 32.6 Å². The summed E-state index contributed by atoms with van der Waals surface area (Å²) < 4.78 is 9.61. The Morgan fingerprint density at radius 1 is 1.06 bits per heavy atom. The zero-order chi connectivity index (χ0) is 24.4. The highest BCUT2D eigenvalue weighted by Crippen LogP contribution is 2.27. The first kappa shape index (κ1) is 24.6. The number of nitrogens with one attached hydrogen (secondary N) is 1. The van der Waals surface area contributed by atoms with Crippen molar-refractivity contribution in [3.63, 3.8) is 0 Å². The van der Waals surface area contributed by atoms with Crippen molar-refractivity contribution in [3.8, 4) is 5.75 Å². The maximum absolute atomic E-state index is 12.7. The van der Waals surface area contributed by atoms with Gasteiger partial charge in [0.1, 0.15) is 5.75 Å². The molecule has 0 aliphatic heterocycles. The van der Waals surface area contributed by atoms with Gasteiger partial charge in [-0.3, -0.25) is 9.48 Å². The Balaban J connectivity index is 1.39. The molecule has 1 N–H and O–H groups in total. The first-order valence-corrected chi connectivity index (χ1v) is 12.0. The van der Waals surface area contributed by atoms with Crippen LogP contribution in [0.1, 0.15) is 27.2 Å². The second-order valence-electron chi connectivity index (χ2n) is 7.60. The molecule has 4 aromatic rings. The van der Waals surface area contributed by atoms with Crippen LogP contribution in [-0.2, 0) is 13.3 Å². The van der Waals surface area contributed by atoms with Crippen molar-refractivity contribution in [2.24, 2.45) is 0 Å². The SMILES string of the molecule is Cc1cc(OCn2ccc(C(=O)Nc3nn(Cc4ccc(Cl)cc4Cl)cc3Br)n2)cc(C)c1Cl. The predicted molar refractivity (Wildman–Crippen MR) is 137 cm³/mol. The topological polar surface area (TPSA) is 74.0 Å². The number of hydrogen-bond donors (Lipinski definition) is 1. The van der Waals surface area contributed by atoms with E-state index in [4.69, 9.17) is 39.5 Å². The summed E-state index contributed by atoms with van der Waals surface area (Å²) in [5, 5.41) is 13.3. The van der Waals surface area contributed by atoms with E-state index in [1.807, 2.05) is 32.0 Å².